The minimum Gasteiger partial charge on any atom is -0.392 e. The molecule has 94 valence electrons. The quantitative estimate of drug-likeness (QED) is 0.562. The molecule has 0 spiro atoms. The molecule has 0 saturated heterocycles. The largest absolute Gasteiger partial charge is 0.392 e. The van der Waals surface area contributed by atoms with E-state index in [0.29, 0.717) is 0 Å². The number of nitrogens with one attached hydrogen (secondary N) is 1. The Labute approximate surface area is 99.5 Å². The van der Waals surface area contributed by atoms with Crippen molar-refractivity contribution in [1.29, 1.82) is 0 Å². The van der Waals surface area contributed by atoms with E-state index in [1.165, 1.54) is 25.7 Å². The lowest BCUT2D eigenvalue weighted by Gasteiger charge is -2.07. The second-order valence-electron chi connectivity index (χ2n) is 4.38. The van der Waals surface area contributed by atoms with E-state index in [1.807, 2.05) is 7.05 Å². The first kappa shape index (κ1) is 15.2. The third-order valence-corrected chi connectivity index (χ3v) is 2.87. The molecule has 0 saturated carbocycles. The van der Waals surface area contributed by atoms with Crippen molar-refractivity contribution in [2.24, 2.45) is 5.73 Å². The summed E-state index contributed by atoms with van der Waals surface area (Å²) in [7, 11) is 1.91. The van der Waals surface area contributed by atoms with Crippen LogP contribution in [0.3, 0.4) is 0 Å². The van der Waals surface area contributed by atoms with Gasteiger partial charge >= 0.3 is 0 Å². The van der Waals surface area contributed by atoms with Gasteiger partial charge in [0.2, 0.25) is 0 Å². The van der Waals surface area contributed by atoms with Crippen molar-refractivity contribution in [3.8, 4) is 0 Å². The lowest BCUT2D eigenvalue weighted by Crippen LogP contribution is -2.27. The maximum atomic E-state index is 10.9. The molecule has 0 radical (unpaired) electrons. The number of rotatable bonds is 10. The van der Waals surface area contributed by atoms with E-state index in [-0.39, 0.29) is 11.8 Å². The van der Waals surface area contributed by atoms with E-state index < -0.39 is 0 Å². The number of carbonyl (C=O) groups is 1. The number of allylic oxidation sites excluding steroid dienone is 1. The van der Waals surface area contributed by atoms with Crippen molar-refractivity contribution < 1.29 is 4.79 Å². The van der Waals surface area contributed by atoms with Gasteiger partial charge < -0.3 is 11.1 Å². The number of nitrogens with two attached hydrogens (primary N) is 1. The molecule has 0 aromatic carbocycles. The van der Waals surface area contributed by atoms with Gasteiger partial charge in [0.05, 0.1) is 6.04 Å². The van der Waals surface area contributed by atoms with Crippen LogP contribution in [-0.4, -0.2) is 18.9 Å². The predicted molar refractivity (Wildman–Crippen MR) is 69.2 cm³/mol. The Bertz CT molecular complexity index is 214. The minimum atomic E-state index is -0.246. The Morgan fingerprint density at radius 3 is 2.38 bits per heavy atom. The highest BCUT2D eigenvalue weighted by atomic mass is 16.1. The van der Waals surface area contributed by atoms with Crippen LogP contribution in [0.2, 0.25) is 0 Å². The summed E-state index contributed by atoms with van der Waals surface area (Å²) < 4.78 is 0. The van der Waals surface area contributed by atoms with E-state index in [9.17, 15) is 4.79 Å². The predicted octanol–water partition coefficient (Wildman–Crippen LogP) is 2.37. The lowest BCUT2D eigenvalue weighted by molar-refractivity contribution is -0.118. The van der Waals surface area contributed by atoms with Gasteiger partial charge in [-0.1, -0.05) is 32.3 Å². The maximum Gasteiger partial charge on any atom is 0.146 e. The molecule has 0 aliphatic rings. The van der Waals surface area contributed by atoms with Crippen LogP contribution in [-0.2, 0) is 4.79 Å². The van der Waals surface area contributed by atoms with Crippen LogP contribution >= 0.6 is 0 Å². The number of hydrogen-bond donors (Lipinski definition) is 2. The van der Waals surface area contributed by atoms with E-state index >= 15 is 0 Å². The lowest BCUT2D eigenvalue weighted by atomic mass is 10.0. The molecular weight excluding hydrogens is 200 g/mol. The summed E-state index contributed by atoms with van der Waals surface area (Å²) in [5.74, 6) is 0.102. The van der Waals surface area contributed by atoms with E-state index in [4.69, 9.17) is 5.73 Å². The zero-order chi connectivity index (χ0) is 12.4. The van der Waals surface area contributed by atoms with E-state index in [1.54, 1.807) is 6.92 Å². The summed E-state index contributed by atoms with van der Waals surface area (Å²) in [6.07, 6.45) is 7.78. The first-order valence-electron chi connectivity index (χ1n) is 6.19. The number of hydrogen-bond acceptors (Lipinski definition) is 3. The van der Waals surface area contributed by atoms with Crippen LogP contribution < -0.4 is 11.1 Å². The van der Waals surface area contributed by atoms with Crippen LogP contribution in [0.25, 0.3) is 0 Å². The second kappa shape index (κ2) is 9.40. The molecule has 16 heavy (non-hydrogen) atoms. The van der Waals surface area contributed by atoms with Gasteiger partial charge in [-0.15, -0.1) is 0 Å². The highest BCUT2D eigenvalue weighted by Crippen LogP contribution is 2.10. The third kappa shape index (κ3) is 8.48. The molecule has 0 fully saturated rings. The van der Waals surface area contributed by atoms with Crippen molar-refractivity contribution in [3.05, 3.63) is 12.3 Å². The van der Waals surface area contributed by atoms with Crippen LogP contribution in [0.5, 0.6) is 0 Å². The van der Waals surface area contributed by atoms with E-state index in [2.05, 4.69) is 11.9 Å². The van der Waals surface area contributed by atoms with Crippen molar-refractivity contribution >= 4 is 5.78 Å². The highest BCUT2D eigenvalue weighted by Gasteiger charge is 2.06. The zero-order valence-corrected chi connectivity index (χ0v) is 10.7. The molecule has 0 aromatic heterocycles. The molecule has 3 N–H and O–H groups in total. The number of unbranched alkanes of at least 4 members (excludes halogenated alkanes) is 4. The average molecular weight is 226 g/mol. The van der Waals surface area contributed by atoms with Crippen molar-refractivity contribution in [1.82, 2.24) is 5.32 Å². The Hall–Kier alpha value is -0.830. The fourth-order valence-corrected chi connectivity index (χ4v) is 1.56. The molecule has 3 nitrogen and oxygen atoms in total. The van der Waals surface area contributed by atoms with Crippen LogP contribution in [0, 0.1) is 0 Å². The zero-order valence-electron chi connectivity index (χ0n) is 10.7. The fraction of sp³-hybridized carbons (Fsp3) is 0.769. The second-order valence-corrected chi connectivity index (χ2v) is 4.38. The summed E-state index contributed by atoms with van der Waals surface area (Å²) in [5, 5.41) is 3.05. The number of ketones is 1. The van der Waals surface area contributed by atoms with Crippen molar-refractivity contribution in [3.63, 3.8) is 0 Å². The molecule has 1 atom stereocenters. The molecule has 0 rings (SSSR count). The highest BCUT2D eigenvalue weighted by molar-refractivity contribution is 5.80. The number of Topliss-reactive ketones (excluding diaryl/α,β-unsaturated/α-hetero) is 1. The number of carbonyl (C=O) groups excluding carboxylic acids is 1. The normalized spacial score (nSPS) is 12.2. The molecule has 3 heteroatoms. The Kier molecular flexibility index (Phi) is 8.91. The molecular formula is C13H26N2O. The first-order valence-corrected chi connectivity index (χ1v) is 6.19. The van der Waals surface area contributed by atoms with Gasteiger partial charge in [0.1, 0.15) is 5.78 Å². The molecule has 0 aromatic rings. The summed E-state index contributed by atoms with van der Waals surface area (Å²) >= 11 is 0. The standard InChI is InChI=1S/C13H26N2O/c1-11(15-3)9-7-5-4-6-8-10-13(14)12(2)16/h13,15H,1,4-10,14H2,2-3H3/t13-/m1/s1. The summed E-state index contributed by atoms with van der Waals surface area (Å²) in [5.41, 5.74) is 6.76. The van der Waals surface area contributed by atoms with Gasteiger partial charge in [0, 0.05) is 12.7 Å². The van der Waals surface area contributed by atoms with Gasteiger partial charge in [-0.05, 0) is 26.2 Å². The molecule has 0 amide bonds. The summed E-state index contributed by atoms with van der Waals surface area (Å²) in [6.45, 7) is 5.45. The first-order chi connectivity index (χ1) is 7.57. The third-order valence-electron chi connectivity index (χ3n) is 2.87. The molecule has 0 aliphatic heterocycles. The fourth-order valence-electron chi connectivity index (χ4n) is 1.56. The van der Waals surface area contributed by atoms with Gasteiger partial charge in [-0.25, -0.2) is 0 Å². The van der Waals surface area contributed by atoms with Gasteiger partial charge in [0.25, 0.3) is 0 Å². The smallest absolute Gasteiger partial charge is 0.146 e. The molecule has 0 heterocycles. The van der Waals surface area contributed by atoms with Crippen molar-refractivity contribution in [2.75, 3.05) is 7.05 Å². The molecule has 0 bridgehead atoms. The summed E-state index contributed by atoms with van der Waals surface area (Å²) in [6, 6.07) is -0.246. The van der Waals surface area contributed by atoms with Gasteiger partial charge in [0.15, 0.2) is 0 Å². The Balaban J connectivity index is 3.22. The van der Waals surface area contributed by atoms with E-state index in [0.717, 1.165) is 25.0 Å². The SMILES string of the molecule is C=C(CCCCCCC[C@@H](N)C(C)=O)NC. The monoisotopic (exact) mass is 226 g/mol. The van der Waals surface area contributed by atoms with Gasteiger partial charge in [-0.2, -0.15) is 0 Å². The van der Waals surface area contributed by atoms with Crippen LogP contribution in [0.15, 0.2) is 12.3 Å². The van der Waals surface area contributed by atoms with Crippen molar-refractivity contribution in [2.45, 2.75) is 57.9 Å². The minimum absolute atomic E-state index is 0.102. The molecule has 0 unspecified atom stereocenters. The Morgan fingerprint density at radius 1 is 1.25 bits per heavy atom. The Morgan fingerprint density at radius 2 is 1.81 bits per heavy atom. The molecule has 0 aliphatic carbocycles. The summed E-state index contributed by atoms with van der Waals surface area (Å²) in [4.78, 5) is 10.9. The average Bonchev–Trinajstić information content (AvgIpc) is 2.26. The van der Waals surface area contributed by atoms with Crippen LogP contribution in [0.1, 0.15) is 51.9 Å². The van der Waals surface area contributed by atoms with Gasteiger partial charge in [-0.3, -0.25) is 4.79 Å². The topological polar surface area (TPSA) is 55.1 Å². The maximum absolute atomic E-state index is 10.9. The van der Waals surface area contributed by atoms with Crippen LogP contribution in [0.4, 0.5) is 0 Å².